The van der Waals surface area contributed by atoms with Gasteiger partial charge in [0, 0.05) is 18.5 Å². The van der Waals surface area contributed by atoms with Crippen molar-refractivity contribution in [3.05, 3.63) is 65.6 Å². The average molecular weight is 492 g/mol. The molecule has 0 atom stereocenters. The molecule has 2 heterocycles. The van der Waals surface area contributed by atoms with Crippen LogP contribution in [-0.4, -0.2) is 38.0 Å². The van der Waals surface area contributed by atoms with E-state index in [1.165, 1.54) is 24.6 Å². The van der Waals surface area contributed by atoms with Gasteiger partial charge in [-0.05, 0) is 62.4 Å². The third-order valence-corrected chi connectivity index (χ3v) is 5.23. The van der Waals surface area contributed by atoms with Gasteiger partial charge in [0.25, 0.3) is 0 Å². The Morgan fingerprint density at radius 1 is 1.14 bits per heavy atom. The first-order valence-corrected chi connectivity index (χ1v) is 11.1. The summed E-state index contributed by atoms with van der Waals surface area (Å²) in [5, 5.41) is 13.8. The van der Waals surface area contributed by atoms with Crippen LogP contribution in [0.3, 0.4) is 0 Å². The predicted molar refractivity (Wildman–Crippen MR) is 123 cm³/mol. The Labute approximate surface area is 201 Å². The van der Waals surface area contributed by atoms with Gasteiger partial charge >= 0.3 is 12.1 Å². The number of carbonyl (C=O) groups is 1. The Morgan fingerprint density at radius 3 is 2.46 bits per heavy atom. The minimum Gasteiger partial charge on any atom is -0.493 e. The van der Waals surface area contributed by atoms with Crippen molar-refractivity contribution in [1.29, 1.82) is 0 Å². The molecule has 35 heavy (non-hydrogen) atoms. The third-order valence-electron chi connectivity index (χ3n) is 5.23. The SMILES string of the molecule is CC(C)c1nn(-c2ccc(C(F)(F)F)cn2)cc1CCCOc1cccc(OC(C)(C)C(=O)O)c1. The molecule has 0 aliphatic carbocycles. The number of nitrogens with zero attached hydrogens (tertiary/aromatic N) is 3. The number of ether oxygens (including phenoxy) is 2. The molecule has 188 valence electrons. The third kappa shape index (κ3) is 6.74. The Bertz CT molecular complexity index is 1160. The number of aryl methyl sites for hydroxylation is 1. The molecule has 0 amide bonds. The van der Waals surface area contributed by atoms with E-state index in [2.05, 4.69) is 10.1 Å². The standard InChI is InChI=1S/C25H28F3N3O4/c1-16(2)22-17(15-31(30-22)21-11-10-18(14-29-21)25(26,27)28)7-6-12-34-19-8-5-9-20(13-19)35-24(3,4)23(32)33/h5,8-11,13-16H,6-7,12H2,1-4H3,(H,32,33). The predicted octanol–water partition coefficient (Wildman–Crippen LogP) is 5.66. The van der Waals surface area contributed by atoms with Crippen LogP contribution in [0.1, 0.15) is 56.9 Å². The number of halogens is 3. The second-order valence-corrected chi connectivity index (χ2v) is 8.89. The number of hydrogen-bond acceptors (Lipinski definition) is 5. The number of aliphatic carboxylic acids is 1. The van der Waals surface area contributed by atoms with Crippen molar-refractivity contribution in [2.75, 3.05) is 6.61 Å². The van der Waals surface area contributed by atoms with Crippen LogP contribution in [0.2, 0.25) is 0 Å². The molecule has 2 aromatic heterocycles. The van der Waals surface area contributed by atoms with Gasteiger partial charge in [-0.2, -0.15) is 18.3 Å². The second-order valence-electron chi connectivity index (χ2n) is 8.89. The first-order valence-electron chi connectivity index (χ1n) is 11.1. The van der Waals surface area contributed by atoms with Gasteiger partial charge < -0.3 is 14.6 Å². The van der Waals surface area contributed by atoms with Crippen molar-refractivity contribution in [1.82, 2.24) is 14.8 Å². The number of benzene rings is 1. The molecule has 1 N–H and O–H groups in total. The molecule has 3 aromatic rings. The first kappa shape index (κ1) is 26.1. The lowest BCUT2D eigenvalue weighted by Crippen LogP contribution is -2.37. The number of rotatable bonds is 10. The summed E-state index contributed by atoms with van der Waals surface area (Å²) in [6, 6.07) is 9.07. The highest BCUT2D eigenvalue weighted by Gasteiger charge is 2.31. The highest BCUT2D eigenvalue weighted by Crippen LogP contribution is 2.29. The fourth-order valence-electron chi connectivity index (χ4n) is 3.33. The van der Waals surface area contributed by atoms with Gasteiger partial charge in [0.2, 0.25) is 0 Å². The summed E-state index contributed by atoms with van der Waals surface area (Å²) >= 11 is 0. The van der Waals surface area contributed by atoms with Gasteiger partial charge in [-0.15, -0.1) is 0 Å². The monoisotopic (exact) mass is 491 g/mol. The van der Waals surface area contributed by atoms with Crippen LogP contribution in [0.15, 0.2) is 48.8 Å². The lowest BCUT2D eigenvalue weighted by molar-refractivity contribution is -0.152. The zero-order valence-corrected chi connectivity index (χ0v) is 20.0. The Morgan fingerprint density at radius 2 is 1.86 bits per heavy atom. The van der Waals surface area contributed by atoms with Gasteiger partial charge in [-0.25, -0.2) is 14.5 Å². The quantitative estimate of drug-likeness (QED) is 0.368. The molecule has 0 aliphatic heterocycles. The average Bonchev–Trinajstić information content (AvgIpc) is 3.21. The fraction of sp³-hybridized carbons (Fsp3) is 0.400. The van der Waals surface area contributed by atoms with Crippen LogP contribution in [0, 0.1) is 0 Å². The maximum absolute atomic E-state index is 12.8. The van der Waals surface area contributed by atoms with E-state index < -0.39 is 23.3 Å². The van der Waals surface area contributed by atoms with E-state index in [9.17, 15) is 23.1 Å². The molecule has 10 heteroatoms. The molecule has 0 saturated heterocycles. The normalized spacial score (nSPS) is 12.1. The minimum atomic E-state index is -4.44. The van der Waals surface area contributed by atoms with Crippen molar-refractivity contribution < 1.29 is 32.5 Å². The van der Waals surface area contributed by atoms with Crippen LogP contribution in [0.25, 0.3) is 5.82 Å². The van der Waals surface area contributed by atoms with Gasteiger partial charge in [-0.1, -0.05) is 19.9 Å². The number of hydrogen-bond donors (Lipinski definition) is 1. The number of carboxylic acid groups (broad SMARTS) is 1. The van der Waals surface area contributed by atoms with Crippen LogP contribution in [-0.2, 0) is 17.4 Å². The first-order chi connectivity index (χ1) is 16.4. The highest BCUT2D eigenvalue weighted by atomic mass is 19.4. The summed E-state index contributed by atoms with van der Waals surface area (Å²) in [6.45, 7) is 7.33. The molecule has 3 rings (SSSR count). The van der Waals surface area contributed by atoms with Crippen molar-refractivity contribution in [2.24, 2.45) is 0 Å². The van der Waals surface area contributed by atoms with E-state index in [0.29, 0.717) is 36.8 Å². The molecular weight excluding hydrogens is 463 g/mol. The molecule has 0 spiro atoms. The number of aromatic nitrogens is 3. The molecule has 0 unspecified atom stereocenters. The zero-order chi connectivity index (χ0) is 25.8. The van der Waals surface area contributed by atoms with E-state index >= 15 is 0 Å². The van der Waals surface area contributed by atoms with Gasteiger partial charge in [0.05, 0.1) is 17.9 Å². The maximum Gasteiger partial charge on any atom is 0.417 e. The van der Waals surface area contributed by atoms with E-state index in [1.807, 2.05) is 13.8 Å². The van der Waals surface area contributed by atoms with Crippen molar-refractivity contribution in [2.45, 2.75) is 58.2 Å². The Kier molecular flexibility index (Phi) is 7.72. The topological polar surface area (TPSA) is 86.5 Å². The van der Waals surface area contributed by atoms with Gasteiger partial charge in [0.1, 0.15) is 11.5 Å². The van der Waals surface area contributed by atoms with E-state index in [0.717, 1.165) is 23.5 Å². The van der Waals surface area contributed by atoms with Crippen molar-refractivity contribution >= 4 is 5.97 Å². The number of alkyl halides is 3. The fourth-order valence-corrected chi connectivity index (χ4v) is 3.33. The summed E-state index contributed by atoms with van der Waals surface area (Å²) in [5.41, 5.74) is -0.368. The summed E-state index contributed by atoms with van der Waals surface area (Å²) < 4.78 is 51.3. The zero-order valence-electron chi connectivity index (χ0n) is 20.0. The molecule has 7 nitrogen and oxygen atoms in total. The van der Waals surface area contributed by atoms with E-state index in [4.69, 9.17) is 9.47 Å². The molecule has 1 aromatic carbocycles. The number of pyridine rings is 1. The summed E-state index contributed by atoms with van der Waals surface area (Å²) in [5.74, 6) is 0.299. The molecule has 0 aliphatic rings. The molecular formula is C25H28F3N3O4. The van der Waals surface area contributed by atoms with Crippen LogP contribution in [0.4, 0.5) is 13.2 Å². The Balaban J connectivity index is 1.63. The summed E-state index contributed by atoms with van der Waals surface area (Å²) in [6.07, 6.45) is -0.543. The van der Waals surface area contributed by atoms with Crippen molar-refractivity contribution in [3.63, 3.8) is 0 Å². The Hall–Kier alpha value is -3.56. The maximum atomic E-state index is 12.8. The lowest BCUT2D eigenvalue weighted by Gasteiger charge is -2.21. The van der Waals surface area contributed by atoms with Crippen LogP contribution >= 0.6 is 0 Å². The van der Waals surface area contributed by atoms with Crippen LogP contribution in [0.5, 0.6) is 11.5 Å². The summed E-state index contributed by atoms with van der Waals surface area (Å²) in [4.78, 5) is 15.2. The van der Waals surface area contributed by atoms with Gasteiger partial charge in [-0.3, -0.25) is 0 Å². The number of carboxylic acids is 1. The van der Waals surface area contributed by atoms with E-state index in [1.54, 1.807) is 30.5 Å². The minimum absolute atomic E-state index is 0.119. The second kappa shape index (κ2) is 10.4. The molecule has 0 saturated carbocycles. The lowest BCUT2D eigenvalue weighted by atomic mass is 10.0. The highest BCUT2D eigenvalue weighted by molar-refractivity contribution is 5.76. The van der Waals surface area contributed by atoms with Crippen molar-refractivity contribution in [3.8, 4) is 17.3 Å². The summed E-state index contributed by atoms with van der Waals surface area (Å²) in [7, 11) is 0. The van der Waals surface area contributed by atoms with Crippen LogP contribution < -0.4 is 9.47 Å². The molecule has 0 fully saturated rings. The largest absolute Gasteiger partial charge is 0.493 e. The molecule has 0 radical (unpaired) electrons. The van der Waals surface area contributed by atoms with Gasteiger partial charge in [0.15, 0.2) is 11.4 Å². The van der Waals surface area contributed by atoms with E-state index in [-0.39, 0.29) is 5.92 Å². The molecule has 0 bridgehead atoms. The smallest absolute Gasteiger partial charge is 0.417 e.